The van der Waals surface area contributed by atoms with E-state index in [0.717, 1.165) is 18.1 Å². The van der Waals surface area contributed by atoms with Crippen molar-refractivity contribution in [3.63, 3.8) is 0 Å². The lowest BCUT2D eigenvalue weighted by Gasteiger charge is -2.18. The number of hydrogen-bond donors (Lipinski definition) is 2. The molecule has 2 nitrogen and oxygen atoms in total. The van der Waals surface area contributed by atoms with Gasteiger partial charge >= 0.3 is 0 Å². The molecule has 0 bridgehead atoms. The first-order chi connectivity index (χ1) is 10.5. The summed E-state index contributed by atoms with van der Waals surface area (Å²) in [6.45, 7) is 4.07. The number of benzene rings is 2. The van der Waals surface area contributed by atoms with Gasteiger partial charge in [0.1, 0.15) is 11.6 Å². The number of aryl methyl sites for hydroxylation is 1. The lowest BCUT2D eigenvalue weighted by Crippen LogP contribution is -2.31. The standard InChI is InChI=1S/C17H18F2N2S/c1-3-12-4-6-13(7-5-12)11(2)20-17(22)21-16-9-8-14(18)10-15(16)19/h4-11H,3H2,1-2H3,(H2,20,21,22). The minimum atomic E-state index is -0.677. The second-order valence-corrected chi connectivity index (χ2v) is 5.45. The molecule has 0 aromatic heterocycles. The molecule has 0 aliphatic carbocycles. The third kappa shape index (κ3) is 4.24. The third-order valence-electron chi connectivity index (χ3n) is 3.41. The molecule has 0 spiro atoms. The Balaban J connectivity index is 1.98. The van der Waals surface area contributed by atoms with E-state index < -0.39 is 11.6 Å². The molecule has 2 aromatic rings. The molecule has 22 heavy (non-hydrogen) atoms. The Bertz CT molecular complexity index is 656. The van der Waals surface area contributed by atoms with E-state index in [1.165, 1.54) is 17.7 Å². The molecular weight excluding hydrogens is 302 g/mol. The Labute approximate surface area is 134 Å². The Hall–Kier alpha value is -2.01. The number of rotatable bonds is 4. The number of anilines is 1. The smallest absolute Gasteiger partial charge is 0.171 e. The van der Waals surface area contributed by atoms with Crippen LogP contribution >= 0.6 is 12.2 Å². The minimum Gasteiger partial charge on any atom is -0.356 e. The van der Waals surface area contributed by atoms with Crippen LogP contribution in [-0.4, -0.2) is 5.11 Å². The molecule has 0 aliphatic rings. The van der Waals surface area contributed by atoms with Crippen LogP contribution in [0.25, 0.3) is 0 Å². The summed E-state index contributed by atoms with van der Waals surface area (Å²) < 4.78 is 26.4. The molecule has 0 aliphatic heterocycles. The Morgan fingerprint density at radius 1 is 1.14 bits per heavy atom. The van der Waals surface area contributed by atoms with Crippen molar-refractivity contribution < 1.29 is 8.78 Å². The van der Waals surface area contributed by atoms with Crippen molar-refractivity contribution >= 4 is 23.0 Å². The summed E-state index contributed by atoms with van der Waals surface area (Å²) in [5, 5.41) is 6.11. The second-order valence-electron chi connectivity index (χ2n) is 5.04. The molecule has 0 saturated heterocycles. The normalized spacial score (nSPS) is 11.8. The van der Waals surface area contributed by atoms with Gasteiger partial charge in [-0.1, -0.05) is 31.2 Å². The first-order valence-electron chi connectivity index (χ1n) is 7.11. The van der Waals surface area contributed by atoms with E-state index in [4.69, 9.17) is 12.2 Å². The highest BCUT2D eigenvalue weighted by molar-refractivity contribution is 7.80. The average molecular weight is 320 g/mol. The average Bonchev–Trinajstić information content (AvgIpc) is 2.50. The van der Waals surface area contributed by atoms with Crippen LogP contribution in [0.1, 0.15) is 31.0 Å². The summed E-state index contributed by atoms with van der Waals surface area (Å²) in [6.07, 6.45) is 0.992. The minimum absolute atomic E-state index is 0.0191. The Kier molecular flexibility index (Phi) is 5.44. The van der Waals surface area contributed by atoms with Crippen LogP contribution in [0.5, 0.6) is 0 Å². The maximum Gasteiger partial charge on any atom is 0.171 e. The molecule has 1 atom stereocenters. The van der Waals surface area contributed by atoms with E-state index in [1.807, 2.05) is 19.1 Å². The molecule has 0 amide bonds. The van der Waals surface area contributed by atoms with Crippen molar-refractivity contribution in [2.24, 2.45) is 0 Å². The van der Waals surface area contributed by atoms with Gasteiger partial charge < -0.3 is 10.6 Å². The summed E-state index contributed by atoms with van der Waals surface area (Å²) in [4.78, 5) is 0. The van der Waals surface area contributed by atoms with Crippen LogP contribution in [-0.2, 0) is 6.42 Å². The van der Waals surface area contributed by atoms with Crippen molar-refractivity contribution in [1.29, 1.82) is 0 Å². The van der Waals surface area contributed by atoms with Crippen LogP contribution in [0.4, 0.5) is 14.5 Å². The first-order valence-corrected chi connectivity index (χ1v) is 7.52. The van der Waals surface area contributed by atoms with Crippen molar-refractivity contribution in [2.45, 2.75) is 26.3 Å². The van der Waals surface area contributed by atoms with Gasteiger partial charge in [-0.15, -0.1) is 0 Å². The predicted molar refractivity (Wildman–Crippen MR) is 89.9 cm³/mol. The van der Waals surface area contributed by atoms with E-state index in [2.05, 4.69) is 29.7 Å². The molecule has 0 heterocycles. The molecule has 0 radical (unpaired) electrons. The number of thiocarbonyl (C=S) groups is 1. The van der Waals surface area contributed by atoms with Gasteiger partial charge in [0.2, 0.25) is 0 Å². The number of hydrogen-bond acceptors (Lipinski definition) is 1. The Morgan fingerprint density at radius 2 is 1.82 bits per heavy atom. The lowest BCUT2D eigenvalue weighted by atomic mass is 10.1. The van der Waals surface area contributed by atoms with Crippen LogP contribution < -0.4 is 10.6 Å². The summed E-state index contributed by atoms with van der Waals surface area (Å²) >= 11 is 5.17. The summed E-state index contributed by atoms with van der Waals surface area (Å²) in [5.74, 6) is -1.30. The molecular formula is C17H18F2N2S. The third-order valence-corrected chi connectivity index (χ3v) is 3.63. The maximum atomic E-state index is 13.6. The molecule has 2 aromatic carbocycles. The van der Waals surface area contributed by atoms with Crippen molar-refractivity contribution in [3.05, 3.63) is 65.2 Å². The van der Waals surface area contributed by atoms with Crippen molar-refractivity contribution in [3.8, 4) is 0 Å². The van der Waals surface area contributed by atoms with E-state index >= 15 is 0 Å². The van der Waals surface area contributed by atoms with Gasteiger partial charge in [-0.3, -0.25) is 0 Å². The molecule has 2 rings (SSSR count). The van der Waals surface area contributed by atoms with Crippen molar-refractivity contribution in [2.75, 3.05) is 5.32 Å². The fourth-order valence-corrected chi connectivity index (χ4v) is 2.36. The first kappa shape index (κ1) is 16.4. The lowest BCUT2D eigenvalue weighted by molar-refractivity contribution is 0.586. The van der Waals surface area contributed by atoms with Gasteiger partial charge in [-0.05, 0) is 48.8 Å². The van der Waals surface area contributed by atoms with Crippen LogP contribution in [0.15, 0.2) is 42.5 Å². The zero-order valence-electron chi connectivity index (χ0n) is 12.5. The molecule has 0 fully saturated rings. The Morgan fingerprint density at radius 3 is 2.41 bits per heavy atom. The van der Waals surface area contributed by atoms with E-state index in [9.17, 15) is 8.78 Å². The van der Waals surface area contributed by atoms with E-state index in [0.29, 0.717) is 0 Å². The topological polar surface area (TPSA) is 24.1 Å². The van der Waals surface area contributed by atoms with Gasteiger partial charge in [0, 0.05) is 6.07 Å². The van der Waals surface area contributed by atoms with Gasteiger partial charge in [0.25, 0.3) is 0 Å². The van der Waals surface area contributed by atoms with E-state index in [-0.39, 0.29) is 16.8 Å². The SMILES string of the molecule is CCc1ccc(C(C)NC(=S)Nc2ccc(F)cc2F)cc1. The molecule has 2 N–H and O–H groups in total. The quantitative estimate of drug-likeness (QED) is 0.807. The largest absolute Gasteiger partial charge is 0.356 e. The molecule has 116 valence electrons. The number of halogens is 2. The molecule has 5 heteroatoms. The van der Waals surface area contributed by atoms with Crippen LogP contribution in [0, 0.1) is 11.6 Å². The summed E-state index contributed by atoms with van der Waals surface area (Å²) in [7, 11) is 0. The second kappa shape index (κ2) is 7.31. The maximum absolute atomic E-state index is 13.6. The number of nitrogens with one attached hydrogen (secondary N) is 2. The highest BCUT2D eigenvalue weighted by Gasteiger charge is 2.09. The van der Waals surface area contributed by atoms with Crippen LogP contribution in [0.3, 0.4) is 0 Å². The molecule has 1 unspecified atom stereocenters. The highest BCUT2D eigenvalue weighted by Crippen LogP contribution is 2.17. The zero-order chi connectivity index (χ0) is 16.1. The van der Waals surface area contributed by atoms with E-state index in [1.54, 1.807) is 0 Å². The van der Waals surface area contributed by atoms with Gasteiger partial charge in [-0.25, -0.2) is 8.78 Å². The van der Waals surface area contributed by atoms with Crippen molar-refractivity contribution in [1.82, 2.24) is 5.32 Å². The zero-order valence-corrected chi connectivity index (χ0v) is 13.3. The highest BCUT2D eigenvalue weighted by atomic mass is 32.1. The summed E-state index contributed by atoms with van der Waals surface area (Å²) in [5.41, 5.74) is 2.50. The molecule has 0 saturated carbocycles. The van der Waals surface area contributed by atoms with Crippen LogP contribution in [0.2, 0.25) is 0 Å². The fraction of sp³-hybridized carbons (Fsp3) is 0.235. The van der Waals surface area contributed by atoms with Gasteiger partial charge in [0.15, 0.2) is 5.11 Å². The predicted octanol–water partition coefficient (Wildman–Crippen LogP) is 4.57. The van der Waals surface area contributed by atoms with Gasteiger partial charge in [-0.2, -0.15) is 0 Å². The monoisotopic (exact) mass is 320 g/mol. The fourth-order valence-electron chi connectivity index (χ4n) is 2.07. The summed E-state index contributed by atoms with van der Waals surface area (Å²) in [6, 6.07) is 11.5. The van der Waals surface area contributed by atoms with Gasteiger partial charge in [0.05, 0.1) is 11.7 Å².